The Balaban J connectivity index is 2.24. The lowest BCUT2D eigenvalue weighted by molar-refractivity contribution is 0.0946. The zero-order valence-corrected chi connectivity index (χ0v) is 10.0. The highest BCUT2D eigenvalue weighted by molar-refractivity contribution is 6.45. The summed E-state index contributed by atoms with van der Waals surface area (Å²) in [5, 5.41) is 22.3. The van der Waals surface area contributed by atoms with Crippen molar-refractivity contribution in [3.63, 3.8) is 0 Å². The summed E-state index contributed by atoms with van der Waals surface area (Å²) in [5.74, 6) is -0.536. The number of nitriles is 1. The van der Waals surface area contributed by atoms with Gasteiger partial charge in [0.15, 0.2) is 5.84 Å². The van der Waals surface area contributed by atoms with Crippen LogP contribution in [0.4, 0.5) is 5.69 Å². The van der Waals surface area contributed by atoms with Crippen molar-refractivity contribution in [2.75, 3.05) is 12.0 Å². The van der Waals surface area contributed by atoms with Crippen molar-refractivity contribution in [3.05, 3.63) is 29.3 Å². The van der Waals surface area contributed by atoms with Gasteiger partial charge < -0.3 is 11.1 Å². The molecule has 0 atom stereocenters. The predicted octanol–water partition coefficient (Wildman–Crippen LogP) is 0.200. The number of nitrogens with zero attached hydrogens (tertiary/aromatic N) is 2. The molecule has 0 fully saturated rings. The maximum atomic E-state index is 11.7. The van der Waals surface area contributed by atoms with E-state index in [9.17, 15) is 4.79 Å². The van der Waals surface area contributed by atoms with Gasteiger partial charge in [-0.25, -0.2) is 0 Å². The molecule has 0 radical (unpaired) electrons. The van der Waals surface area contributed by atoms with Crippen molar-refractivity contribution in [3.8, 4) is 6.07 Å². The third-order valence-corrected chi connectivity index (χ3v) is 2.69. The Kier molecular flexibility index (Phi) is 3.43. The van der Waals surface area contributed by atoms with Gasteiger partial charge in [-0.3, -0.25) is 15.6 Å². The topological polar surface area (TPSA) is 127 Å². The molecule has 2 rings (SSSR count). The number of hydrogen-bond donors (Lipinski definition) is 4. The number of anilines is 1. The van der Waals surface area contributed by atoms with E-state index in [1.165, 1.54) is 0 Å². The van der Waals surface area contributed by atoms with Crippen LogP contribution in [0, 0.1) is 16.7 Å². The SMILES string of the molecule is N#C/C(=N\Nc1ccc2c(c1)C(=O)NCC2)C(=N)N. The first-order valence-corrected chi connectivity index (χ1v) is 5.61. The average Bonchev–Trinajstić information content (AvgIpc) is 2.40. The van der Waals surface area contributed by atoms with Crippen molar-refractivity contribution in [2.24, 2.45) is 10.8 Å². The van der Waals surface area contributed by atoms with Crippen molar-refractivity contribution in [1.29, 1.82) is 10.7 Å². The highest BCUT2D eigenvalue weighted by Crippen LogP contribution is 2.19. The molecule has 1 aliphatic heterocycles. The molecule has 1 aliphatic rings. The smallest absolute Gasteiger partial charge is 0.251 e. The van der Waals surface area contributed by atoms with E-state index in [-0.39, 0.29) is 11.6 Å². The highest BCUT2D eigenvalue weighted by Gasteiger charge is 2.16. The summed E-state index contributed by atoms with van der Waals surface area (Å²) >= 11 is 0. The minimum Gasteiger partial charge on any atom is -0.382 e. The lowest BCUT2D eigenvalue weighted by Gasteiger charge is -2.16. The summed E-state index contributed by atoms with van der Waals surface area (Å²) in [6.45, 7) is 0.639. The molecule has 0 aromatic heterocycles. The summed E-state index contributed by atoms with van der Waals surface area (Å²) in [5.41, 5.74) is 9.70. The number of nitrogens with one attached hydrogen (secondary N) is 3. The van der Waals surface area contributed by atoms with E-state index in [0.717, 1.165) is 12.0 Å². The van der Waals surface area contributed by atoms with Crippen LogP contribution in [0.3, 0.4) is 0 Å². The number of benzene rings is 1. The Labute approximate surface area is 109 Å². The van der Waals surface area contributed by atoms with E-state index in [1.54, 1.807) is 18.2 Å². The fraction of sp³-hybridized carbons (Fsp3) is 0.167. The van der Waals surface area contributed by atoms with Crippen LogP contribution < -0.4 is 16.5 Å². The van der Waals surface area contributed by atoms with E-state index in [0.29, 0.717) is 17.8 Å². The molecule has 7 heteroatoms. The third-order valence-electron chi connectivity index (χ3n) is 2.69. The lowest BCUT2D eigenvalue weighted by Crippen LogP contribution is -2.31. The number of rotatable bonds is 3. The molecule has 1 heterocycles. The molecule has 0 saturated carbocycles. The normalized spacial score (nSPS) is 14.1. The summed E-state index contributed by atoms with van der Waals surface area (Å²) in [7, 11) is 0. The molecule has 0 bridgehead atoms. The Morgan fingerprint density at radius 3 is 3.05 bits per heavy atom. The van der Waals surface area contributed by atoms with E-state index in [4.69, 9.17) is 16.4 Å². The van der Waals surface area contributed by atoms with Crippen molar-refractivity contribution >= 4 is 23.1 Å². The van der Waals surface area contributed by atoms with E-state index < -0.39 is 5.84 Å². The van der Waals surface area contributed by atoms with Gasteiger partial charge in [-0.2, -0.15) is 10.4 Å². The standard InChI is InChI=1S/C12H12N6O/c13-6-10(11(14)15)18-17-8-2-1-7-3-4-16-12(19)9(7)5-8/h1-2,5,17H,3-4H2,(H3,14,15)(H,16,19)/b18-10+. The van der Waals surface area contributed by atoms with Crippen molar-refractivity contribution < 1.29 is 4.79 Å². The average molecular weight is 256 g/mol. The zero-order chi connectivity index (χ0) is 13.8. The highest BCUT2D eigenvalue weighted by atomic mass is 16.1. The van der Waals surface area contributed by atoms with Gasteiger partial charge in [0, 0.05) is 12.1 Å². The summed E-state index contributed by atoms with van der Waals surface area (Å²) in [4.78, 5) is 11.7. The maximum Gasteiger partial charge on any atom is 0.251 e. The molecular weight excluding hydrogens is 244 g/mol. The second-order valence-electron chi connectivity index (χ2n) is 3.98. The zero-order valence-electron chi connectivity index (χ0n) is 10.0. The number of carbonyl (C=O) groups excluding carboxylic acids is 1. The predicted molar refractivity (Wildman–Crippen MR) is 71.1 cm³/mol. The Hall–Kier alpha value is -2.88. The quantitative estimate of drug-likeness (QED) is 0.350. The third kappa shape index (κ3) is 2.69. The second kappa shape index (κ2) is 5.18. The van der Waals surface area contributed by atoms with Crippen LogP contribution in [-0.2, 0) is 6.42 Å². The largest absolute Gasteiger partial charge is 0.382 e. The molecule has 1 aromatic rings. The monoisotopic (exact) mass is 256 g/mol. The number of nitrogens with two attached hydrogens (primary N) is 1. The molecule has 19 heavy (non-hydrogen) atoms. The van der Waals surface area contributed by atoms with Gasteiger partial charge in [0.1, 0.15) is 6.07 Å². The van der Waals surface area contributed by atoms with E-state index in [1.807, 2.05) is 6.07 Å². The minimum atomic E-state index is -0.411. The van der Waals surface area contributed by atoms with Gasteiger partial charge in [-0.1, -0.05) is 6.07 Å². The molecule has 1 aromatic carbocycles. The number of hydrogen-bond acceptors (Lipinski definition) is 5. The van der Waals surface area contributed by atoms with Gasteiger partial charge in [-0.15, -0.1) is 0 Å². The second-order valence-corrected chi connectivity index (χ2v) is 3.98. The minimum absolute atomic E-state index is 0.124. The van der Waals surface area contributed by atoms with E-state index >= 15 is 0 Å². The van der Waals surface area contributed by atoms with Gasteiger partial charge >= 0.3 is 0 Å². The lowest BCUT2D eigenvalue weighted by atomic mass is 10.00. The fourth-order valence-electron chi connectivity index (χ4n) is 1.75. The maximum absolute atomic E-state index is 11.7. The number of amides is 1. The van der Waals surface area contributed by atoms with Gasteiger partial charge in [0.25, 0.3) is 5.91 Å². The molecule has 5 N–H and O–H groups in total. The first kappa shape index (κ1) is 12.6. The van der Waals surface area contributed by atoms with Gasteiger partial charge in [-0.05, 0) is 24.1 Å². The van der Waals surface area contributed by atoms with Crippen LogP contribution in [-0.4, -0.2) is 24.0 Å². The molecule has 96 valence electrons. The van der Waals surface area contributed by atoms with Crippen LogP contribution >= 0.6 is 0 Å². The van der Waals surface area contributed by atoms with Gasteiger partial charge in [0.2, 0.25) is 5.71 Å². The molecule has 1 amide bonds. The number of fused-ring (bicyclic) bond motifs is 1. The number of amidine groups is 1. The fourth-order valence-corrected chi connectivity index (χ4v) is 1.75. The first-order chi connectivity index (χ1) is 9.11. The summed E-state index contributed by atoms with van der Waals surface area (Å²) in [6.07, 6.45) is 0.793. The molecule has 0 unspecified atom stereocenters. The first-order valence-electron chi connectivity index (χ1n) is 5.61. The Morgan fingerprint density at radius 2 is 2.37 bits per heavy atom. The van der Waals surface area contributed by atoms with Crippen molar-refractivity contribution in [2.45, 2.75) is 6.42 Å². The molecule has 7 nitrogen and oxygen atoms in total. The summed E-state index contributed by atoms with van der Waals surface area (Å²) in [6, 6.07) is 6.96. The van der Waals surface area contributed by atoms with Crippen LogP contribution in [0.1, 0.15) is 15.9 Å². The molecule has 0 saturated heterocycles. The Bertz CT molecular complexity index is 613. The van der Waals surface area contributed by atoms with Crippen LogP contribution in [0.25, 0.3) is 0 Å². The molecule has 0 aliphatic carbocycles. The molecule has 0 spiro atoms. The molecular formula is C12H12N6O. The Morgan fingerprint density at radius 1 is 1.58 bits per heavy atom. The van der Waals surface area contributed by atoms with Crippen LogP contribution in [0.5, 0.6) is 0 Å². The van der Waals surface area contributed by atoms with Crippen LogP contribution in [0.2, 0.25) is 0 Å². The summed E-state index contributed by atoms with van der Waals surface area (Å²) < 4.78 is 0. The van der Waals surface area contributed by atoms with Crippen molar-refractivity contribution in [1.82, 2.24) is 5.32 Å². The van der Waals surface area contributed by atoms with E-state index in [2.05, 4.69) is 15.8 Å². The number of carbonyl (C=O) groups is 1. The van der Waals surface area contributed by atoms with Crippen LogP contribution in [0.15, 0.2) is 23.3 Å². The van der Waals surface area contributed by atoms with Gasteiger partial charge in [0.05, 0.1) is 5.69 Å². The number of hydrazone groups is 1.